The third-order valence-corrected chi connectivity index (χ3v) is 3.37. The SMILES string of the molecule is COCc1cccc(NCc2ccc3ccccc3n2)c1. The smallest absolute Gasteiger partial charge is 0.0713 e. The van der Waals surface area contributed by atoms with Gasteiger partial charge in [-0.2, -0.15) is 0 Å². The molecule has 0 atom stereocenters. The molecule has 0 saturated heterocycles. The van der Waals surface area contributed by atoms with Gasteiger partial charge in [0.05, 0.1) is 24.4 Å². The molecule has 1 aromatic heterocycles. The second-order valence-electron chi connectivity index (χ2n) is 4.98. The van der Waals surface area contributed by atoms with Crippen LogP contribution >= 0.6 is 0 Å². The first-order valence-electron chi connectivity index (χ1n) is 7.01. The molecule has 3 nitrogen and oxygen atoms in total. The lowest BCUT2D eigenvalue weighted by Crippen LogP contribution is -2.02. The number of methoxy groups -OCH3 is 1. The number of benzene rings is 2. The number of aromatic nitrogens is 1. The molecule has 21 heavy (non-hydrogen) atoms. The number of nitrogens with zero attached hydrogens (tertiary/aromatic N) is 1. The van der Waals surface area contributed by atoms with E-state index in [1.54, 1.807) is 7.11 Å². The number of nitrogens with one attached hydrogen (secondary N) is 1. The first kappa shape index (κ1) is 13.6. The summed E-state index contributed by atoms with van der Waals surface area (Å²) in [5.74, 6) is 0. The van der Waals surface area contributed by atoms with Crippen LogP contribution in [0.3, 0.4) is 0 Å². The number of ether oxygens (including phenoxy) is 1. The topological polar surface area (TPSA) is 34.1 Å². The summed E-state index contributed by atoms with van der Waals surface area (Å²) in [5, 5.41) is 4.58. The van der Waals surface area contributed by atoms with E-state index in [4.69, 9.17) is 4.74 Å². The third kappa shape index (κ3) is 3.38. The first-order chi connectivity index (χ1) is 10.3. The molecule has 0 fully saturated rings. The second-order valence-corrected chi connectivity index (χ2v) is 4.98. The van der Waals surface area contributed by atoms with Crippen molar-refractivity contribution in [1.82, 2.24) is 4.98 Å². The van der Waals surface area contributed by atoms with Gasteiger partial charge in [-0.1, -0.05) is 36.4 Å². The maximum atomic E-state index is 5.15. The number of anilines is 1. The molecule has 0 saturated carbocycles. The summed E-state index contributed by atoms with van der Waals surface area (Å²) in [6.45, 7) is 1.34. The van der Waals surface area contributed by atoms with Crippen LogP contribution < -0.4 is 5.32 Å². The summed E-state index contributed by atoms with van der Waals surface area (Å²) in [4.78, 5) is 4.66. The Kier molecular flexibility index (Phi) is 4.12. The average Bonchev–Trinajstić information content (AvgIpc) is 2.53. The summed E-state index contributed by atoms with van der Waals surface area (Å²) in [5.41, 5.74) is 4.31. The summed E-state index contributed by atoms with van der Waals surface area (Å²) in [6.07, 6.45) is 0. The number of pyridine rings is 1. The Hall–Kier alpha value is -2.39. The Morgan fingerprint density at radius 3 is 2.81 bits per heavy atom. The van der Waals surface area contributed by atoms with E-state index in [1.807, 2.05) is 24.3 Å². The van der Waals surface area contributed by atoms with E-state index >= 15 is 0 Å². The standard InChI is InChI=1S/C18H18N2O/c1-21-13-14-5-4-7-16(11-14)19-12-17-10-9-15-6-2-3-8-18(15)20-17/h2-11,19H,12-13H2,1H3. The average molecular weight is 278 g/mol. The van der Waals surface area contributed by atoms with Gasteiger partial charge in [0, 0.05) is 18.2 Å². The van der Waals surface area contributed by atoms with Crippen molar-refractivity contribution in [2.24, 2.45) is 0 Å². The summed E-state index contributed by atoms with van der Waals surface area (Å²) in [7, 11) is 1.71. The first-order valence-corrected chi connectivity index (χ1v) is 7.01. The van der Waals surface area contributed by atoms with E-state index in [0.717, 1.165) is 22.5 Å². The fourth-order valence-electron chi connectivity index (χ4n) is 2.34. The third-order valence-electron chi connectivity index (χ3n) is 3.37. The number of fused-ring (bicyclic) bond motifs is 1. The molecule has 0 radical (unpaired) electrons. The van der Waals surface area contributed by atoms with E-state index in [1.165, 1.54) is 5.39 Å². The van der Waals surface area contributed by atoms with E-state index in [0.29, 0.717) is 13.2 Å². The second kappa shape index (κ2) is 6.37. The van der Waals surface area contributed by atoms with Crippen molar-refractivity contribution in [3.05, 3.63) is 71.9 Å². The highest BCUT2D eigenvalue weighted by Gasteiger charge is 1.99. The highest BCUT2D eigenvalue weighted by atomic mass is 16.5. The van der Waals surface area contributed by atoms with Crippen molar-refractivity contribution in [3.8, 4) is 0 Å². The van der Waals surface area contributed by atoms with E-state index in [2.05, 4.69) is 46.7 Å². The molecule has 1 N–H and O–H groups in total. The van der Waals surface area contributed by atoms with E-state index in [-0.39, 0.29) is 0 Å². The molecule has 0 aliphatic carbocycles. The minimum absolute atomic E-state index is 0.629. The van der Waals surface area contributed by atoms with Crippen LogP contribution in [-0.2, 0) is 17.9 Å². The Bertz CT molecular complexity index is 740. The zero-order chi connectivity index (χ0) is 14.5. The minimum atomic E-state index is 0.629. The Morgan fingerprint density at radius 2 is 1.90 bits per heavy atom. The Balaban J connectivity index is 1.72. The normalized spacial score (nSPS) is 10.7. The van der Waals surface area contributed by atoms with Gasteiger partial charge in [0.2, 0.25) is 0 Å². The van der Waals surface area contributed by atoms with Crippen molar-refractivity contribution in [3.63, 3.8) is 0 Å². The molecule has 0 aliphatic heterocycles. The minimum Gasteiger partial charge on any atom is -0.380 e. The maximum absolute atomic E-state index is 5.15. The molecule has 0 aliphatic rings. The molecule has 3 rings (SSSR count). The predicted molar refractivity (Wildman–Crippen MR) is 86.2 cm³/mol. The Labute approximate surface area is 124 Å². The van der Waals surface area contributed by atoms with Gasteiger partial charge in [-0.3, -0.25) is 4.98 Å². The van der Waals surface area contributed by atoms with Crippen LogP contribution in [-0.4, -0.2) is 12.1 Å². The largest absolute Gasteiger partial charge is 0.380 e. The molecule has 1 heterocycles. The fourth-order valence-corrected chi connectivity index (χ4v) is 2.34. The van der Waals surface area contributed by atoms with Crippen molar-refractivity contribution in [1.29, 1.82) is 0 Å². The van der Waals surface area contributed by atoms with Gasteiger partial charge in [-0.25, -0.2) is 0 Å². The van der Waals surface area contributed by atoms with Crippen LogP contribution in [0.25, 0.3) is 10.9 Å². The van der Waals surface area contributed by atoms with Gasteiger partial charge in [0.15, 0.2) is 0 Å². The molecular formula is C18H18N2O. The lowest BCUT2D eigenvalue weighted by molar-refractivity contribution is 0.185. The van der Waals surface area contributed by atoms with Crippen molar-refractivity contribution < 1.29 is 4.74 Å². The lowest BCUT2D eigenvalue weighted by atomic mass is 10.2. The maximum Gasteiger partial charge on any atom is 0.0713 e. The molecular weight excluding hydrogens is 260 g/mol. The molecule has 0 spiro atoms. The molecule has 0 unspecified atom stereocenters. The van der Waals surface area contributed by atoms with Crippen LogP contribution in [0.15, 0.2) is 60.7 Å². The number of hydrogen-bond acceptors (Lipinski definition) is 3. The highest BCUT2D eigenvalue weighted by Crippen LogP contribution is 2.15. The quantitative estimate of drug-likeness (QED) is 0.766. The molecule has 0 bridgehead atoms. The van der Waals surface area contributed by atoms with Crippen LogP contribution in [0, 0.1) is 0 Å². The molecule has 3 heteroatoms. The van der Waals surface area contributed by atoms with Gasteiger partial charge < -0.3 is 10.1 Å². The fraction of sp³-hybridized carbons (Fsp3) is 0.167. The van der Waals surface area contributed by atoms with Gasteiger partial charge in [-0.15, -0.1) is 0 Å². The number of para-hydroxylation sites is 1. The zero-order valence-corrected chi connectivity index (χ0v) is 12.0. The molecule has 0 amide bonds. The predicted octanol–water partition coefficient (Wildman–Crippen LogP) is 3.99. The molecule has 106 valence electrons. The van der Waals surface area contributed by atoms with Crippen molar-refractivity contribution in [2.75, 3.05) is 12.4 Å². The number of rotatable bonds is 5. The highest BCUT2D eigenvalue weighted by molar-refractivity contribution is 5.78. The molecule has 2 aromatic carbocycles. The Morgan fingerprint density at radius 1 is 1.00 bits per heavy atom. The zero-order valence-electron chi connectivity index (χ0n) is 12.0. The summed E-state index contributed by atoms with van der Waals surface area (Å²) in [6, 6.07) is 20.6. The molecule has 3 aromatic rings. The van der Waals surface area contributed by atoms with Crippen LogP contribution in [0.4, 0.5) is 5.69 Å². The van der Waals surface area contributed by atoms with Crippen LogP contribution in [0.5, 0.6) is 0 Å². The van der Waals surface area contributed by atoms with E-state index < -0.39 is 0 Å². The van der Waals surface area contributed by atoms with Crippen molar-refractivity contribution in [2.45, 2.75) is 13.2 Å². The number of hydrogen-bond donors (Lipinski definition) is 1. The summed E-state index contributed by atoms with van der Waals surface area (Å²) < 4.78 is 5.15. The van der Waals surface area contributed by atoms with Gasteiger partial charge in [0.1, 0.15) is 0 Å². The van der Waals surface area contributed by atoms with Gasteiger partial charge in [0.25, 0.3) is 0 Å². The van der Waals surface area contributed by atoms with E-state index in [9.17, 15) is 0 Å². The monoisotopic (exact) mass is 278 g/mol. The lowest BCUT2D eigenvalue weighted by Gasteiger charge is -2.08. The van der Waals surface area contributed by atoms with Gasteiger partial charge >= 0.3 is 0 Å². The van der Waals surface area contributed by atoms with Gasteiger partial charge in [-0.05, 0) is 29.8 Å². The van der Waals surface area contributed by atoms with Crippen LogP contribution in [0.2, 0.25) is 0 Å². The van der Waals surface area contributed by atoms with Crippen LogP contribution in [0.1, 0.15) is 11.3 Å². The summed E-state index contributed by atoms with van der Waals surface area (Å²) >= 11 is 0. The van der Waals surface area contributed by atoms with Crippen molar-refractivity contribution >= 4 is 16.6 Å².